The molecule has 0 unspecified atom stereocenters. The molecule has 3 nitrogen and oxygen atoms in total. The van der Waals surface area contributed by atoms with Crippen LogP contribution in [0.2, 0.25) is 5.02 Å². The number of benzene rings is 2. The first kappa shape index (κ1) is 15.6. The summed E-state index contributed by atoms with van der Waals surface area (Å²) < 4.78 is 13.9. The Morgan fingerprint density at radius 1 is 1.13 bits per heavy atom. The summed E-state index contributed by atoms with van der Waals surface area (Å²) >= 11 is 7.36. The lowest BCUT2D eigenvalue weighted by molar-refractivity contribution is 0.101. The van der Waals surface area contributed by atoms with Crippen LogP contribution in [-0.4, -0.2) is 11.7 Å². The molecule has 0 atom stereocenters. The number of hydrogen-bond donors (Lipinski definition) is 1. The Labute approximate surface area is 140 Å². The number of thiophene rings is 1. The number of amides is 1. The zero-order chi connectivity index (χ0) is 16.6. The van der Waals surface area contributed by atoms with E-state index in [9.17, 15) is 14.0 Å². The zero-order valence-corrected chi connectivity index (χ0v) is 13.6. The third-order valence-electron chi connectivity index (χ3n) is 3.35. The van der Waals surface area contributed by atoms with E-state index in [2.05, 4.69) is 5.32 Å². The van der Waals surface area contributed by atoms with Crippen LogP contribution in [-0.2, 0) is 0 Å². The van der Waals surface area contributed by atoms with Crippen molar-refractivity contribution in [3.63, 3.8) is 0 Å². The SMILES string of the molecule is CC(=O)c1ccc(NC(=O)c2sc3cc(F)ccc3c2Cl)cc1. The van der Waals surface area contributed by atoms with Crippen LogP contribution in [0.1, 0.15) is 27.0 Å². The van der Waals surface area contributed by atoms with E-state index in [1.165, 1.54) is 19.1 Å². The lowest BCUT2D eigenvalue weighted by Crippen LogP contribution is -2.10. The van der Waals surface area contributed by atoms with Crippen molar-refractivity contribution >= 4 is 50.4 Å². The molecule has 116 valence electrons. The largest absolute Gasteiger partial charge is 0.321 e. The van der Waals surface area contributed by atoms with Gasteiger partial charge < -0.3 is 5.32 Å². The number of rotatable bonds is 3. The van der Waals surface area contributed by atoms with Gasteiger partial charge in [-0.3, -0.25) is 9.59 Å². The van der Waals surface area contributed by atoms with Crippen LogP contribution >= 0.6 is 22.9 Å². The van der Waals surface area contributed by atoms with Gasteiger partial charge in [0, 0.05) is 21.3 Å². The number of fused-ring (bicyclic) bond motifs is 1. The Kier molecular flexibility index (Phi) is 4.15. The Balaban J connectivity index is 1.88. The molecule has 3 aromatic rings. The van der Waals surface area contributed by atoms with Crippen molar-refractivity contribution in [2.24, 2.45) is 0 Å². The van der Waals surface area contributed by atoms with Crippen molar-refractivity contribution in [3.05, 3.63) is 63.7 Å². The molecule has 1 heterocycles. The predicted octanol–water partition coefficient (Wildman–Crippen LogP) is 5.15. The molecule has 0 aliphatic carbocycles. The van der Waals surface area contributed by atoms with E-state index in [4.69, 9.17) is 11.6 Å². The second-order valence-electron chi connectivity index (χ2n) is 4.97. The third-order valence-corrected chi connectivity index (χ3v) is 5.00. The van der Waals surface area contributed by atoms with Gasteiger partial charge in [0.2, 0.25) is 0 Å². The Hall–Kier alpha value is -2.24. The van der Waals surface area contributed by atoms with Crippen LogP contribution in [0.3, 0.4) is 0 Å². The number of anilines is 1. The number of carbonyl (C=O) groups is 2. The fourth-order valence-corrected chi connectivity index (χ4v) is 3.60. The van der Waals surface area contributed by atoms with E-state index in [-0.39, 0.29) is 17.5 Å². The maximum absolute atomic E-state index is 13.3. The van der Waals surface area contributed by atoms with Gasteiger partial charge in [0.05, 0.1) is 5.02 Å². The second-order valence-corrected chi connectivity index (χ2v) is 6.40. The number of hydrogen-bond acceptors (Lipinski definition) is 3. The first-order valence-corrected chi connectivity index (χ1v) is 7.95. The molecule has 0 saturated carbocycles. The first-order valence-electron chi connectivity index (χ1n) is 6.75. The Morgan fingerprint density at radius 2 is 1.83 bits per heavy atom. The van der Waals surface area contributed by atoms with Gasteiger partial charge >= 0.3 is 0 Å². The third kappa shape index (κ3) is 3.11. The number of nitrogens with one attached hydrogen (secondary N) is 1. The molecule has 0 fully saturated rings. The highest BCUT2D eigenvalue weighted by atomic mass is 35.5. The van der Waals surface area contributed by atoms with Crippen LogP contribution < -0.4 is 5.32 Å². The minimum atomic E-state index is -0.373. The van der Waals surface area contributed by atoms with Crippen molar-refractivity contribution in [2.45, 2.75) is 6.92 Å². The zero-order valence-electron chi connectivity index (χ0n) is 12.0. The summed E-state index contributed by atoms with van der Waals surface area (Å²) in [4.78, 5) is 23.9. The highest BCUT2D eigenvalue weighted by molar-refractivity contribution is 7.21. The van der Waals surface area contributed by atoms with Gasteiger partial charge in [-0.25, -0.2) is 4.39 Å². The predicted molar refractivity (Wildman–Crippen MR) is 91.2 cm³/mol. The molecule has 0 spiro atoms. The Bertz CT molecular complexity index is 918. The summed E-state index contributed by atoms with van der Waals surface area (Å²) in [5.74, 6) is -0.785. The van der Waals surface area contributed by atoms with E-state index in [0.29, 0.717) is 31.2 Å². The minimum absolute atomic E-state index is 0.0440. The molecule has 1 N–H and O–H groups in total. The smallest absolute Gasteiger partial charge is 0.267 e. The molecule has 0 aliphatic rings. The molecular weight excluding hydrogens is 337 g/mol. The molecule has 0 bridgehead atoms. The molecule has 0 radical (unpaired) electrons. The fraction of sp³-hybridized carbons (Fsp3) is 0.0588. The van der Waals surface area contributed by atoms with E-state index < -0.39 is 0 Å². The quantitative estimate of drug-likeness (QED) is 0.666. The number of halogens is 2. The van der Waals surface area contributed by atoms with Gasteiger partial charge in [0.15, 0.2) is 5.78 Å². The summed E-state index contributed by atoms with van der Waals surface area (Å²) in [5, 5.41) is 3.68. The fourth-order valence-electron chi connectivity index (χ4n) is 2.16. The van der Waals surface area contributed by atoms with E-state index >= 15 is 0 Å². The molecule has 1 aromatic heterocycles. The molecule has 2 aromatic carbocycles. The van der Waals surface area contributed by atoms with Crippen LogP contribution in [0.15, 0.2) is 42.5 Å². The maximum atomic E-state index is 13.3. The van der Waals surface area contributed by atoms with Crippen molar-refractivity contribution in [1.82, 2.24) is 0 Å². The van der Waals surface area contributed by atoms with Crippen molar-refractivity contribution in [3.8, 4) is 0 Å². The number of ketones is 1. The van der Waals surface area contributed by atoms with Crippen LogP contribution in [0.4, 0.5) is 10.1 Å². The van der Waals surface area contributed by atoms with Gasteiger partial charge in [0.25, 0.3) is 5.91 Å². The van der Waals surface area contributed by atoms with Gasteiger partial charge in [0.1, 0.15) is 10.7 Å². The summed E-state index contributed by atoms with van der Waals surface area (Å²) in [5.41, 5.74) is 1.12. The summed E-state index contributed by atoms with van der Waals surface area (Å²) in [6.07, 6.45) is 0. The van der Waals surface area contributed by atoms with Crippen molar-refractivity contribution in [1.29, 1.82) is 0 Å². The average molecular weight is 348 g/mol. The number of Topliss-reactive ketones (excluding diaryl/α,β-unsaturated/α-hetero) is 1. The summed E-state index contributed by atoms with van der Waals surface area (Å²) in [7, 11) is 0. The standard InChI is InChI=1S/C17H11ClFNO2S/c1-9(21)10-2-5-12(6-3-10)20-17(22)16-15(18)13-7-4-11(19)8-14(13)23-16/h2-8H,1H3,(H,20,22). The molecule has 3 rings (SSSR count). The molecule has 0 aliphatic heterocycles. The van der Waals surface area contributed by atoms with Gasteiger partial charge in [-0.15, -0.1) is 11.3 Å². The first-order chi connectivity index (χ1) is 11.0. The highest BCUT2D eigenvalue weighted by Gasteiger charge is 2.17. The summed E-state index contributed by atoms with van der Waals surface area (Å²) in [6, 6.07) is 10.8. The van der Waals surface area contributed by atoms with Crippen LogP contribution in [0.25, 0.3) is 10.1 Å². The van der Waals surface area contributed by atoms with Crippen LogP contribution in [0, 0.1) is 5.82 Å². The van der Waals surface area contributed by atoms with Gasteiger partial charge in [-0.2, -0.15) is 0 Å². The minimum Gasteiger partial charge on any atom is -0.321 e. The highest BCUT2D eigenvalue weighted by Crippen LogP contribution is 2.36. The van der Waals surface area contributed by atoms with Crippen LogP contribution in [0.5, 0.6) is 0 Å². The lowest BCUT2D eigenvalue weighted by atomic mass is 10.1. The average Bonchev–Trinajstić information content (AvgIpc) is 2.84. The number of carbonyl (C=O) groups excluding carboxylic acids is 2. The Morgan fingerprint density at radius 3 is 2.48 bits per heavy atom. The molecule has 6 heteroatoms. The molecule has 1 amide bonds. The van der Waals surface area contributed by atoms with Gasteiger partial charge in [-0.1, -0.05) is 11.6 Å². The van der Waals surface area contributed by atoms with Gasteiger partial charge in [-0.05, 0) is 49.4 Å². The topological polar surface area (TPSA) is 46.2 Å². The normalized spacial score (nSPS) is 10.7. The molecular formula is C17H11ClFNO2S. The maximum Gasteiger partial charge on any atom is 0.267 e. The lowest BCUT2D eigenvalue weighted by Gasteiger charge is -2.04. The van der Waals surface area contributed by atoms with Crippen molar-refractivity contribution in [2.75, 3.05) is 5.32 Å². The van der Waals surface area contributed by atoms with E-state index in [1.807, 2.05) is 0 Å². The van der Waals surface area contributed by atoms with E-state index in [1.54, 1.807) is 30.3 Å². The summed E-state index contributed by atoms with van der Waals surface area (Å²) in [6.45, 7) is 1.48. The molecule has 0 saturated heterocycles. The van der Waals surface area contributed by atoms with E-state index in [0.717, 1.165) is 11.3 Å². The molecule has 23 heavy (non-hydrogen) atoms. The second kappa shape index (κ2) is 6.10. The van der Waals surface area contributed by atoms with Crippen molar-refractivity contribution < 1.29 is 14.0 Å². The monoisotopic (exact) mass is 347 g/mol.